The highest BCUT2D eigenvalue weighted by molar-refractivity contribution is 8.52. The molecule has 0 aromatic heterocycles. The summed E-state index contributed by atoms with van der Waals surface area (Å²) in [6, 6.07) is 0. The quantitative estimate of drug-likeness (QED) is 0.471. The fourth-order valence-corrected chi connectivity index (χ4v) is 1.87. The predicted octanol–water partition coefficient (Wildman–Crippen LogP) is 1.72. The lowest BCUT2D eigenvalue weighted by Gasteiger charge is -2.15. The molecule has 0 N–H and O–H groups in total. The van der Waals surface area contributed by atoms with Crippen LogP contribution in [0.25, 0.3) is 0 Å². The molecule has 0 amide bonds. The van der Waals surface area contributed by atoms with Gasteiger partial charge in [-0.1, -0.05) is 11.4 Å². The van der Waals surface area contributed by atoms with E-state index < -0.39 is 7.58 Å². The van der Waals surface area contributed by atoms with E-state index in [2.05, 4.69) is 0 Å². The molecule has 0 saturated carbocycles. The van der Waals surface area contributed by atoms with Gasteiger partial charge in [-0.2, -0.15) is 5.06 Å². The minimum atomic E-state index is -0.753. The zero-order chi connectivity index (χ0) is 7.28. The van der Waals surface area contributed by atoms with Gasteiger partial charge in [0, 0.05) is 21.2 Å². The molecule has 0 aromatic rings. The zero-order valence-corrected chi connectivity index (χ0v) is 7.83. The highest BCUT2D eigenvalue weighted by Crippen LogP contribution is 2.49. The van der Waals surface area contributed by atoms with E-state index >= 15 is 0 Å². The standard InChI is InChI=1S/C4H12NO2PS/c1-5(2)7-8(6-3)9-4/h1-4H3. The van der Waals surface area contributed by atoms with Crippen LogP contribution in [0.15, 0.2) is 0 Å². The maximum absolute atomic E-state index is 5.19. The van der Waals surface area contributed by atoms with Crippen LogP contribution >= 0.6 is 19.0 Å². The summed E-state index contributed by atoms with van der Waals surface area (Å²) in [7, 11) is 4.57. The van der Waals surface area contributed by atoms with Gasteiger partial charge in [0.25, 0.3) is 7.58 Å². The number of nitrogens with zero attached hydrogens (tertiary/aromatic N) is 1. The molecular formula is C4H12NO2PS. The van der Waals surface area contributed by atoms with Gasteiger partial charge in [-0.25, -0.2) is 4.62 Å². The first-order chi connectivity index (χ1) is 4.20. The first-order valence-electron chi connectivity index (χ1n) is 2.44. The van der Waals surface area contributed by atoms with Gasteiger partial charge in [-0.05, 0) is 6.26 Å². The second-order valence-corrected chi connectivity index (χ2v) is 4.81. The Bertz CT molecular complexity index is 69.6. The summed E-state index contributed by atoms with van der Waals surface area (Å²) in [6.07, 6.45) is 1.96. The third kappa shape index (κ3) is 5.12. The van der Waals surface area contributed by atoms with E-state index in [4.69, 9.17) is 9.15 Å². The van der Waals surface area contributed by atoms with E-state index in [1.165, 1.54) is 0 Å². The van der Waals surface area contributed by atoms with Crippen molar-refractivity contribution in [1.29, 1.82) is 0 Å². The molecular weight excluding hydrogens is 157 g/mol. The van der Waals surface area contributed by atoms with E-state index in [1.54, 1.807) is 23.6 Å². The Kier molecular flexibility index (Phi) is 5.84. The molecule has 0 bridgehead atoms. The molecule has 0 rings (SSSR count). The number of hydroxylamine groups is 2. The predicted molar refractivity (Wildman–Crippen MR) is 42.2 cm³/mol. The summed E-state index contributed by atoms with van der Waals surface area (Å²) in [5.41, 5.74) is 0. The maximum atomic E-state index is 5.19. The Morgan fingerprint density at radius 1 is 1.44 bits per heavy atom. The third-order valence-corrected chi connectivity index (χ3v) is 3.13. The monoisotopic (exact) mass is 169 g/mol. The molecule has 56 valence electrons. The van der Waals surface area contributed by atoms with Crippen molar-refractivity contribution in [3.05, 3.63) is 0 Å². The highest BCUT2D eigenvalue weighted by Gasteiger charge is 2.06. The molecule has 0 fully saturated rings. The van der Waals surface area contributed by atoms with Crippen LogP contribution in [0.4, 0.5) is 0 Å². The summed E-state index contributed by atoms with van der Waals surface area (Å²) < 4.78 is 10.2. The van der Waals surface area contributed by atoms with Crippen LogP contribution in [0.2, 0.25) is 0 Å². The summed E-state index contributed by atoms with van der Waals surface area (Å²) in [6.45, 7) is 0. The minimum absolute atomic E-state index is 0.753. The molecule has 0 aliphatic heterocycles. The Labute approximate surface area is 61.3 Å². The lowest BCUT2D eigenvalue weighted by molar-refractivity contribution is 0.00129. The van der Waals surface area contributed by atoms with Crippen LogP contribution in [-0.2, 0) is 9.15 Å². The largest absolute Gasteiger partial charge is 0.328 e. The molecule has 0 spiro atoms. The summed E-state index contributed by atoms with van der Waals surface area (Å²) in [4.78, 5) is 0. The fourth-order valence-electron chi connectivity index (χ4n) is 0.275. The molecule has 1 unspecified atom stereocenters. The van der Waals surface area contributed by atoms with E-state index in [0.29, 0.717) is 0 Å². The van der Waals surface area contributed by atoms with E-state index in [1.807, 2.05) is 20.4 Å². The Morgan fingerprint density at radius 3 is 2.11 bits per heavy atom. The SMILES string of the molecule is COP(ON(C)C)SC. The average Bonchev–Trinajstić information content (AvgIpc) is 1.82. The lowest BCUT2D eigenvalue weighted by atomic mass is 11.2. The summed E-state index contributed by atoms with van der Waals surface area (Å²) >= 11 is 1.58. The zero-order valence-electron chi connectivity index (χ0n) is 6.12. The van der Waals surface area contributed by atoms with Crippen molar-refractivity contribution in [2.75, 3.05) is 27.5 Å². The van der Waals surface area contributed by atoms with Gasteiger partial charge in [0.2, 0.25) is 0 Å². The molecule has 0 aliphatic rings. The van der Waals surface area contributed by atoms with Gasteiger partial charge in [0.1, 0.15) is 0 Å². The van der Waals surface area contributed by atoms with Gasteiger partial charge in [0.15, 0.2) is 0 Å². The van der Waals surface area contributed by atoms with Crippen molar-refractivity contribution < 1.29 is 9.15 Å². The highest BCUT2D eigenvalue weighted by atomic mass is 32.7. The Hall–Kier alpha value is 0.660. The second-order valence-electron chi connectivity index (χ2n) is 1.48. The van der Waals surface area contributed by atoms with Crippen molar-refractivity contribution in [3.8, 4) is 0 Å². The van der Waals surface area contributed by atoms with Gasteiger partial charge in [-0.3, -0.25) is 0 Å². The third-order valence-electron chi connectivity index (χ3n) is 0.528. The summed E-state index contributed by atoms with van der Waals surface area (Å²) in [5, 5.41) is 1.64. The fraction of sp³-hybridized carbons (Fsp3) is 1.00. The van der Waals surface area contributed by atoms with E-state index in [-0.39, 0.29) is 0 Å². The molecule has 0 radical (unpaired) electrons. The topological polar surface area (TPSA) is 21.7 Å². The molecule has 5 heteroatoms. The molecule has 1 atom stereocenters. The molecule has 0 aliphatic carbocycles. The van der Waals surface area contributed by atoms with Gasteiger partial charge in [-0.15, -0.1) is 0 Å². The van der Waals surface area contributed by atoms with Crippen LogP contribution in [0.5, 0.6) is 0 Å². The number of hydrogen-bond acceptors (Lipinski definition) is 4. The Balaban J connectivity index is 3.31. The lowest BCUT2D eigenvalue weighted by Crippen LogP contribution is -2.07. The number of rotatable bonds is 4. The molecule has 0 saturated heterocycles. The van der Waals surface area contributed by atoms with Crippen molar-refractivity contribution in [1.82, 2.24) is 5.06 Å². The van der Waals surface area contributed by atoms with Crippen LogP contribution in [0.3, 0.4) is 0 Å². The molecule has 9 heavy (non-hydrogen) atoms. The normalized spacial score (nSPS) is 14.3. The van der Waals surface area contributed by atoms with Crippen molar-refractivity contribution in [2.24, 2.45) is 0 Å². The van der Waals surface area contributed by atoms with Gasteiger partial charge < -0.3 is 4.52 Å². The maximum Gasteiger partial charge on any atom is 0.256 e. The molecule has 3 nitrogen and oxygen atoms in total. The molecule has 0 aromatic carbocycles. The van der Waals surface area contributed by atoms with Crippen LogP contribution in [-0.4, -0.2) is 32.5 Å². The van der Waals surface area contributed by atoms with Crippen molar-refractivity contribution in [2.45, 2.75) is 0 Å². The number of hydrogen-bond donors (Lipinski definition) is 0. The van der Waals surface area contributed by atoms with Crippen LogP contribution in [0.1, 0.15) is 0 Å². The van der Waals surface area contributed by atoms with Crippen molar-refractivity contribution in [3.63, 3.8) is 0 Å². The first-order valence-corrected chi connectivity index (χ1v) is 5.45. The van der Waals surface area contributed by atoms with Gasteiger partial charge in [0.05, 0.1) is 0 Å². The smallest absolute Gasteiger partial charge is 0.256 e. The van der Waals surface area contributed by atoms with Crippen molar-refractivity contribution >= 4 is 19.0 Å². The summed E-state index contributed by atoms with van der Waals surface area (Å²) in [5.74, 6) is 0. The average molecular weight is 169 g/mol. The first kappa shape index (κ1) is 9.66. The second kappa shape index (κ2) is 5.45. The van der Waals surface area contributed by atoms with E-state index in [9.17, 15) is 0 Å². The minimum Gasteiger partial charge on any atom is -0.328 e. The van der Waals surface area contributed by atoms with Crippen LogP contribution < -0.4 is 0 Å². The van der Waals surface area contributed by atoms with Gasteiger partial charge >= 0.3 is 0 Å². The van der Waals surface area contributed by atoms with E-state index in [0.717, 1.165) is 0 Å². The molecule has 0 heterocycles. The van der Waals surface area contributed by atoms with Crippen LogP contribution in [0, 0.1) is 0 Å². The Morgan fingerprint density at radius 2 is 2.00 bits per heavy atom.